The van der Waals surface area contributed by atoms with Crippen LogP contribution in [-0.4, -0.2) is 30.5 Å². The Morgan fingerprint density at radius 2 is 1.73 bits per heavy atom. The fourth-order valence-electron chi connectivity index (χ4n) is 4.28. The van der Waals surface area contributed by atoms with Gasteiger partial charge < -0.3 is 20.7 Å². The van der Waals surface area contributed by atoms with Gasteiger partial charge >= 0.3 is 0 Å². The van der Waals surface area contributed by atoms with Gasteiger partial charge in [0, 0.05) is 23.5 Å². The molecule has 6 nitrogen and oxygen atoms in total. The minimum atomic E-state index is -0.233. The number of nitrogens with one attached hydrogen (secondary N) is 3. The molecule has 1 saturated carbocycles. The number of carbonyl (C=O) groups excluding carboxylic acids is 2. The number of ether oxygens (including phenoxy) is 1. The van der Waals surface area contributed by atoms with Gasteiger partial charge in [0.25, 0.3) is 5.91 Å². The maximum absolute atomic E-state index is 12.7. The zero-order chi connectivity index (χ0) is 20.1. The summed E-state index contributed by atoms with van der Waals surface area (Å²) in [7, 11) is 0. The summed E-state index contributed by atoms with van der Waals surface area (Å²) < 4.78 is 5.59. The van der Waals surface area contributed by atoms with Crippen molar-refractivity contribution in [2.24, 2.45) is 5.92 Å². The largest absolute Gasteiger partial charge is 0.484 e. The minimum absolute atomic E-state index is 0. The molecule has 30 heavy (non-hydrogen) atoms. The van der Waals surface area contributed by atoms with Crippen molar-refractivity contribution in [3.63, 3.8) is 0 Å². The highest BCUT2D eigenvalue weighted by molar-refractivity contribution is 5.95. The molecule has 4 rings (SSSR count). The molecule has 3 atom stereocenters. The lowest BCUT2D eigenvalue weighted by Gasteiger charge is -2.24. The monoisotopic (exact) mass is 429 g/mol. The van der Waals surface area contributed by atoms with Crippen LogP contribution in [-0.2, 0) is 9.59 Å². The van der Waals surface area contributed by atoms with Gasteiger partial charge in [-0.15, -0.1) is 12.4 Å². The van der Waals surface area contributed by atoms with Crippen molar-refractivity contribution in [3.05, 3.63) is 54.6 Å². The highest BCUT2D eigenvalue weighted by Crippen LogP contribution is 2.33. The number of benzene rings is 2. The number of rotatable bonds is 6. The van der Waals surface area contributed by atoms with Crippen LogP contribution in [0.25, 0.3) is 0 Å². The lowest BCUT2D eigenvalue weighted by molar-refractivity contribution is -0.118. The molecule has 0 radical (unpaired) electrons. The fourth-order valence-corrected chi connectivity index (χ4v) is 4.28. The molecule has 2 aromatic carbocycles. The van der Waals surface area contributed by atoms with E-state index in [4.69, 9.17) is 4.74 Å². The lowest BCUT2D eigenvalue weighted by atomic mass is 9.85. The van der Waals surface area contributed by atoms with Crippen LogP contribution in [0.3, 0.4) is 0 Å². The molecule has 2 fully saturated rings. The third kappa shape index (κ3) is 5.74. The highest BCUT2D eigenvalue weighted by Gasteiger charge is 2.38. The molecule has 1 aliphatic carbocycles. The van der Waals surface area contributed by atoms with E-state index in [0.717, 1.165) is 12.1 Å². The number of fused-ring (bicyclic) bond motifs is 1. The average Bonchev–Trinajstić information content (AvgIpc) is 3.18. The van der Waals surface area contributed by atoms with Crippen LogP contribution in [0.2, 0.25) is 0 Å². The van der Waals surface area contributed by atoms with Crippen molar-refractivity contribution in [3.8, 4) is 5.75 Å². The maximum atomic E-state index is 12.7. The van der Waals surface area contributed by atoms with Crippen LogP contribution in [0.5, 0.6) is 5.75 Å². The third-order valence-electron chi connectivity index (χ3n) is 5.71. The summed E-state index contributed by atoms with van der Waals surface area (Å²) in [6.45, 7) is -0.0974. The van der Waals surface area contributed by atoms with E-state index in [1.54, 1.807) is 12.1 Å². The number of amides is 2. The molecule has 2 amide bonds. The quantitative estimate of drug-likeness (QED) is 0.648. The molecule has 3 unspecified atom stereocenters. The Balaban J connectivity index is 0.00000256. The number of halogens is 1. The first-order valence-electron chi connectivity index (χ1n) is 10.3. The van der Waals surface area contributed by atoms with Crippen molar-refractivity contribution < 1.29 is 14.3 Å². The van der Waals surface area contributed by atoms with Gasteiger partial charge in [0.1, 0.15) is 5.75 Å². The molecule has 3 N–H and O–H groups in total. The summed E-state index contributed by atoms with van der Waals surface area (Å²) in [6.07, 6.45) is 5.82. The van der Waals surface area contributed by atoms with Crippen molar-refractivity contribution in [1.29, 1.82) is 0 Å². The van der Waals surface area contributed by atoms with E-state index in [-0.39, 0.29) is 36.9 Å². The summed E-state index contributed by atoms with van der Waals surface area (Å²) in [5.74, 6) is 0.929. The molecule has 0 spiro atoms. The Morgan fingerprint density at radius 3 is 2.53 bits per heavy atom. The first-order valence-corrected chi connectivity index (χ1v) is 10.3. The van der Waals surface area contributed by atoms with Crippen LogP contribution in [0.15, 0.2) is 54.6 Å². The Kier molecular flexibility index (Phi) is 7.71. The molecule has 1 aliphatic heterocycles. The number of carbonyl (C=O) groups is 2. The maximum Gasteiger partial charge on any atom is 0.262 e. The molecular weight excluding hydrogens is 402 g/mol. The zero-order valence-corrected chi connectivity index (χ0v) is 17.6. The first kappa shape index (κ1) is 22.1. The Morgan fingerprint density at radius 1 is 0.967 bits per heavy atom. The second-order valence-corrected chi connectivity index (χ2v) is 7.83. The number of para-hydroxylation sites is 1. The van der Waals surface area contributed by atoms with Gasteiger partial charge in [0.05, 0.1) is 6.04 Å². The van der Waals surface area contributed by atoms with Crippen LogP contribution in [0.1, 0.15) is 32.1 Å². The lowest BCUT2D eigenvalue weighted by Crippen LogP contribution is -2.39. The summed E-state index contributed by atoms with van der Waals surface area (Å²) in [5, 5.41) is 9.25. The number of hydrogen-bond acceptors (Lipinski definition) is 4. The molecule has 1 saturated heterocycles. The van der Waals surface area contributed by atoms with Crippen molar-refractivity contribution in [2.75, 3.05) is 17.2 Å². The zero-order valence-electron chi connectivity index (χ0n) is 16.8. The summed E-state index contributed by atoms with van der Waals surface area (Å²) in [4.78, 5) is 24.7. The standard InChI is InChI=1S/C23H27N3O3.ClH/c27-22(24-17-8-2-1-3-9-17)15-29-19-11-6-10-18(14-19)25-23(28)21-13-16-7-4-5-12-20(16)26-21;/h1-3,6,8-11,14,16,20-21,26H,4-5,7,12-13,15H2,(H,24,27)(H,25,28);1H. The summed E-state index contributed by atoms with van der Waals surface area (Å²) in [6, 6.07) is 16.8. The fraction of sp³-hybridized carbons (Fsp3) is 0.391. The van der Waals surface area contributed by atoms with E-state index in [2.05, 4.69) is 16.0 Å². The van der Waals surface area contributed by atoms with Gasteiger partial charge in [-0.05, 0) is 49.4 Å². The van der Waals surface area contributed by atoms with Crippen LogP contribution in [0, 0.1) is 5.92 Å². The van der Waals surface area contributed by atoms with Gasteiger partial charge in [-0.25, -0.2) is 0 Å². The molecule has 160 valence electrons. The third-order valence-corrected chi connectivity index (χ3v) is 5.71. The van der Waals surface area contributed by atoms with Gasteiger partial charge in [-0.2, -0.15) is 0 Å². The number of anilines is 2. The van der Waals surface area contributed by atoms with Crippen molar-refractivity contribution in [2.45, 2.75) is 44.2 Å². The summed E-state index contributed by atoms with van der Waals surface area (Å²) >= 11 is 0. The van der Waals surface area contributed by atoms with E-state index >= 15 is 0 Å². The van der Waals surface area contributed by atoms with Gasteiger partial charge in [-0.1, -0.05) is 37.1 Å². The number of hydrogen-bond donors (Lipinski definition) is 3. The highest BCUT2D eigenvalue weighted by atomic mass is 35.5. The smallest absolute Gasteiger partial charge is 0.262 e. The second-order valence-electron chi connectivity index (χ2n) is 7.83. The molecule has 2 aromatic rings. The predicted octanol–water partition coefficient (Wildman–Crippen LogP) is 3.99. The van der Waals surface area contributed by atoms with E-state index in [1.807, 2.05) is 42.5 Å². The predicted molar refractivity (Wildman–Crippen MR) is 120 cm³/mol. The Labute approximate surface area is 183 Å². The molecule has 2 aliphatic rings. The Hall–Kier alpha value is -2.57. The Bertz CT molecular complexity index is 848. The van der Waals surface area contributed by atoms with Crippen LogP contribution >= 0.6 is 12.4 Å². The van der Waals surface area contributed by atoms with E-state index in [9.17, 15) is 9.59 Å². The van der Waals surface area contributed by atoms with Gasteiger partial charge in [0.15, 0.2) is 6.61 Å². The van der Waals surface area contributed by atoms with E-state index < -0.39 is 0 Å². The van der Waals surface area contributed by atoms with Crippen LogP contribution < -0.4 is 20.7 Å². The van der Waals surface area contributed by atoms with Crippen molar-refractivity contribution >= 4 is 35.6 Å². The topological polar surface area (TPSA) is 79.5 Å². The normalized spacial score (nSPS) is 22.3. The van der Waals surface area contributed by atoms with E-state index in [0.29, 0.717) is 23.4 Å². The van der Waals surface area contributed by atoms with Gasteiger partial charge in [0.2, 0.25) is 5.91 Å². The minimum Gasteiger partial charge on any atom is -0.484 e. The molecule has 1 heterocycles. The average molecular weight is 430 g/mol. The van der Waals surface area contributed by atoms with E-state index in [1.165, 1.54) is 25.7 Å². The summed E-state index contributed by atoms with van der Waals surface area (Å²) in [5.41, 5.74) is 1.40. The van der Waals surface area contributed by atoms with Crippen LogP contribution in [0.4, 0.5) is 11.4 Å². The molecular formula is C23H28ClN3O3. The van der Waals surface area contributed by atoms with Crippen molar-refractivity contribution in [1.82, 2.24) is 5.32 Å². The first-order chi connectivity index (χ1) is 14.2. The van der Waals surface area contributed by atoms with Gasteiger partial charge in [-0.3, -0.25) is 9.59 Å². The SMILES string of the molecule is Cl.O=C(COc1cccc(NC(=O)C2CC3CCCCC3N2)c1)Nc1ccccc1. The second kappa shape index (κ2) is 10.5. The molecule has 0 aromatic heterocycles. The molecule has 7 heteroatoms. The molecule has 0 bridgehead atoms.